The highest BCUT2D eigenvalue weighted by atomic mass is 16.5. The zero-order valence-electron chi connectivity index (χ0n) is 18.2. The summed E-state index contributed by atoms with van der Waals surface area (Å²) in [5.74, 6) is 0.238. The molecular formula is C25H26N2O5. The van der Waals surface area contributed by atoms with E-state index in [-0.39, 0.29) is 53.6 Å². The van der Waals surface area contributed by atoms with Gasteiger partial charge in [-0.1, -0.05) is 37.3 Å². The summed E-state index contributed by atoms with van der Waals surface area (Å²) >= 11 is 0. The number of nitrogens with zero attached hydrogens (tertiary/aromatic N) is 2. The van der Waals surface area contributed by atoms with Crippen molar-refractivity contribution in [3.05, 3.63) is 63.6 Å². The average molecular weight is 434 g/mol. The molecule has 2 aromatic rings. The van der Waals surface area contributed by atoms with Gasteiger partial charge in [0.15, 0.2) is 11.4 Å². The third-order valence-electron chi connectivity index (χ3n) is 8.16. The lowest BCUT2D eigenvalue weighted by atomic mass is 9.61. The third-order valence-corrected chi connectivity index (χ3v) is 8.16. The van der Waals surface area contributed by atoms with Crippen LogP contribution >= 0.6 is 0 Å². The number of aromatic nitrogens is 1. The van der Waals surface area contributed by atoms with Crippen LogP contribution in [-0.4, -0.2) is 40.0 Å². The maximum atomic E-state index is 13.7. The maximum absolute atomic E-state index is 13.7. The monoisotopic (exact) mass is 434 g/mol. The number of benzene rings is 1. The van der Waals surface area contributed by atoms with Gasteiger partial charge in [-0.2, -0.15) is 0 Å². The second-order valence-corrected chi connectivity index (χ2v) is 9.55. The van der Waals surface area contributed by atoms with E-state index in [1.54, 1.807) is 11.5 Å². The van der Waals surface area contributed by atoms with Crippen molar-refractivity contribution in [2.24, 2.45) is 17.3 Å². The Balaban J connectivity index is 1.43. The van der Waals surface area contributed by atoms with Gasteiger partial charge in [-0.15, -0.1) is 0 Å². The maximum Gasteiger partial charge on any atom is 0.343 e. The van der Waals surface area contributed by atoms with Gasteiger partial charge in [-0.3, -0.25) is 9.59 Å². The van der Waals surface area contributed by atoms with Gasteiger partial charge in [-0.05, 0) is 37.2 Å². The molecule has 1 aromatic carbocycles. The summed E-state index contributed by atoms with van der Waals surface area (Å²) in [5.41, 5.74) is 0.727. The number of piperidine rings is 1. The van der Waals surface area contributed by atoms with Gasteiger partial charge in [0.1, 0.15) is 12.2 Å². The molecule has 0 bridgehead atoms. The summed E-state index contributed by atoms with van der Waals surface area (Å²) in [6.07, 6.45) is 3.69. The summed E-state index contributed by atoms with van der Waals surface area (Å²) < 4.78 is 12.8. The van der Waals surface area contributed by atoms with Gasteiger partial charge >= 0.3 is 5.97 Å². The molecule has 6 rings (SSSR count). The molecule has 32 heavy (non-hydrogen) atoms. The van der Waals surface area contributed by atoms with E-state index in [4.69, 9.17) is 9.47 Å². The summed E-state index contributed by atoms with van der Waals surface area (Å²) in [5, 5.41) is 0. The number of ether oxygens (including phenoxy) is 2. The van der Waals surface area contributed by atoms with Crippen LogP contribution in [0.2, 0.25) is 0 Å². The highest BCUT2D eigenvalue weighted by Crippen LogP contribution is 2.76. The van der Waals surface area contributed by atoms with Crippen LogP contribution in [0.1, 0.15) is 53.1 Å². The molecule has 1 amide bonds. The average Bonchev–Trinajstić information content (AvgIpc) is 3.51. The van der Waals surface area contributed by atoms with Crippen molar-refractivity contribution in [1.82, 2.24) is 9.47 Å². The minimum atomic E-state index is -0.685. The summed E-state index contributed by atoms with van der Waals surface area (Å²) in [6, 6.07) is 9.85. The molecule has 2 aliphatic carbocycles. The number of pyridine rings is 1. The number of rotatable bonds is 5. The number of fused-ring (bicyclic) bond motifs is 4. The van der Waals surface area contributed by atoms with Gasteiger partial charge in [0.2, 0.25) is 5.43 Å². The van der Waals surface area contributed by atoms with Crippen molar-refractivity contribution in [2.45, 2.75) is 51.9 Å². The topological polar surface area (TPSA) is 77.8 Å². The number of carbonyl (C=O) groups excluding carboxylic acids is 2. The number of esters is 1. The largest absolute Gasteiger partial charge is 0.483 e. The fourth-order valence-corrected chi connectivity index (χ4v) is 6.58. The molecule has 166 valence electrons. The fourth-order valence-electron chi connectivity index (χ4n) is 6.58. The van der Waals surface area contributed by atoms with E-state index in [1.807, 2.05) is 35.2 Å². The molecule has 1 saturated heterocycles. The lowest BCUT2D eigenvalue weighted by Gasteiger charge is -2.46. The van der Waals surface area contributed by atoms with Crippen molar-refractivity contribution in [3.63, 3.8) is 0 Å². The van der Waals surface area contributed by atoms with Crippen LogP contribution in [0.3, 0.4) is 0 Å². The van der Waals surface area contributed by atoms with Gasteiger partial charge in [0.25, 0.3) is 5.91 Å². The summed E-state index contributed by atoms with van der Waals surface area (Å²) in [4.78, 5) is 41.6. The van der Waals surface area contributed by atoms with E-state index >= 15 is 0 Å². The first-order valence-corrected chi connectivity index (χ1v) is 11.4. The van der Waals surface area contributed by atoms with Crippen LogP contribution in [0.25, 0.3) is 0 Å². The highest BCUT2D eigenvalue weighted by molar-refractivity contribution is 5.99. The van der Waals surface area contributed by atoms with Crippen LogP contribution in [0.5, 0.6) is 5.75 Å². The van der Waals surface area contributed by atoms with Crippen molar-refractivity contribution < 1.29 is 19.1 Å². The molecule has 1 unspecified atom stereocenters. The first-order chi connectivity index (χ1) is 15.5. The van der Waals surface area contributed by atoms with E-state index in [2.05, 4.69) is 6.92 Å². The molecule has 2 saturated carbocycles. The molecule has 2 aliphatic heterocycles. The Kier molecular flexibility index (Phi) is 4.10. The minimum Gasteiger partial charge on any atom is -0.483 e. The Labute approximate surface area is 185 Å². The van der Waals surface area contributed by atoms with Crippen LogP contribution in [0, 0.1) is 17.3 Å². The van der Waals surface area contributed by atoms with Crippen molar-refractivity contribution in [3.8, 4) is 5.75 Å². The fraction of sp³-hybridized carbons (Fsp3) is 0.480. The van der Waals surface area contributed by atoms with Gasteiger partial charge in [0, 0.05) is 24.2 Å². The first-order valence-electron chi connectivity index (χ1n) is 11.4. The number of hydrogen-bond acceptors (Lipinski definition) is 5. The van der Waals surface area contributed by atoms with Crippen molar-refractivity contribution >= 4 is 11.9 Å². The Morgan fingerprint density at radius 3 is 2.72 bits per heavy atom. The van der Waals surface area contributed by atoms with Gasteiger partial charge in [0.05, 0.1) is 12.6 Å². The van der Waals surface area contributed by atoms with E-state index in [9.17, 15) is 14.4 Å². The van der Waals surface area contributed by atoms with E-state index in [1.165, 1.54) is 6.20 Å². The Morgan fingerprint density at radius 1 is 1.22 bits per heavy atom. The molecule has 5 atom stereocenters. The SMILES string of the molecule is CCOC(=O)c1cn2c(c(OCc3ccccc3)c1=O)C(=O)N1[C@H](C2)[C@@H]2C[C@H](C)C23C[C@@H]13. The standard InChI is InChI=1S/C25H26N2O5/c1-3-31-24(30)16-11-26-12-18-17-9-14(2)25(17)10-19(25)27(18)23(29)20(26)22(21(16)28)32-13-15-7-5-4-6-8-15/h4-8,11,14,17-19H,3,9-10,12-13H2,1-2H3/t14-,17-,18+,19+,25?/m0/s1. The van der Waals surface area contributed by atoms with E-state index in [0.29, 0.717) is 18.4 Å². The zero-order valence-corrected chi connectivity index (χ0v) is 18.2. The highest BCUT2D eigenvalue weighted by Gasteiger charge is 2.78. The van der Waals surface area contributed by atoms with Gasteiger partial charge in [-0.25, -0.2) is 4.79 Å². The molecule has 7 nitrogen and oxygen atoms in total. The molecule has 3 fully saturated rings. The number of hydrogen-bond donors (Lipinski definition) is 0. The number of amides is 1. The Hall–Kier alpha value is -3.09. The quantitative estimate of drug-likeness (QED) is 0.677. The van der Waals surface area contributed by atoms with E-state index < -0.39 is 11.4 Å². The number of carbonyl (C=O) groups is 2. The summed E-state index contributed by atoms with van der Waals surface area (Å²) in [7, 11) is 0. The summed E-state index contributed by atoms with van der Waals surface area (Å²) in [6.45, 7) is 4.86. The molecule has 0 N–H and O–H groups in total. The predicted molar refractivity (Wildman–Crippen MR) is 115 cm³/mol. The molecule has 1 spiro atoms. The third kappa shape index (κ3) is 2.45. The molecule has 7 heteroatoms. The lowest BCUT2D eigenvalue weighted by Crippen LogP contribution is -2.52. The normalized spacial score (nSPS) is 31.1. The minimum absolute atomic E-state index is 0.0511. The van der Waals surface area contributed by atoms with Crippen molar-refractivity contribution in [1.29, 1.82) is 0 Å². The van der Waals surface area contributed by atoms with Gasteiger partial charge < -0.3 is 18.9 Å². The first kappa shape index (κ1) is 19.6. The molecular weight excluding hydrogens is 408 g/mol. The van der Waals surface area contributed by atoms with E-state index in [0.717, 1.165) is 18.4 Å². The Bertz CT molecular complexity index is 1190. The molecule has 0 radical (unpaired) electrons. The Morgan fingerprint density at radius 2 is 2.00 bits per heavy atom. The second-order valence-electron chi connectivity index (χ2n) is 9.55. The predicted octanol–water partition coefficient (Wildman–Crippen LogP) is 2.86. The smallest absolute Gasteiger partial charge is 0.343 e. The van der Waals surface area contributed by atoms with Crippen LogP contribution < -0.4 is 10.2 Å². The van der Waals surface area contributed by atoms with Crippen LogP contribution in [0.4, 0.5) is 0 Å². The molecule has 4 aliphatic rings. The lowest BCUT2D eigenvalue weighted by molar-refractivity contribution is 0.0311. The van der Waals surface area contributed by atoms with Crippen molar-refractivity contribution in [2.75, 3.05) is 6.61 Å². The van der Waals surface area contributed by atoms with Crippen LogP contribution in [-0.2, 0) is 17.9 Å². The molecule has 3 heterocycles. The van der Waals surface area contributed by atoms with Crippen LogP contribution in [0.15, 0.2) is 41.3 Å². The molecule has 1 aromatic heterocycles. The zero-order chi connectivity index (χ0) is 22.2. The second kappa shape index (κ2) is 6.70.